The van der Waals surface area contributed by atoms with E-state index in [2.05, 4.69) is 6.07 Å². The van der Waals surface area contributed by atoms with E-state index in [0.717, 1.165) is 26.6 Å². The lowest BCUT2D eigenvalue weighted by Gasteiger charge is -2.06. The average Bonchev–Trinajstić information content (AvgIpc) is 2.33. The second kappa shape index (κ2) is 4.06. The van der Waals surface area contributed by atoms with Gasteiger partial charge >= 0.3 is 0 Å². The van der Waals surface area contributed by atoms with E-state index in [0.29, 0.717) is 10.0 Å². The van der Waals surface area contributed by atoms with Gasteiger partial charge in [-0.1, -0.05) is 53.0 Å². The number of fused-ring (bicyclic) bond motifs is 2. The van der Waals surface area contributed by atoms with Gasteiger partial charge < -0.3 is 0 Å². The van der Waals surface area contributed by atoms with E-state index in [1.165, 1.54) is 0 Å². The molecule has 0 aromatic heterocycles. The van der Waals surface area contributed by atoms with Crippen LogP contribution in [0.4, 0.5) is 0 Å². The maximum absolute atomic E-state index is 6.20. The van der Waals surface area contributed by atoms with Crippen LogP contribution in [0.15, 0.2) is 42.5 Å². The lowest BCUT2D eigenvalue weighted by Crippen LogP contribution is -1.79. The van der Waals surface area contributed by atoms with Gasteiger partial charge in [0.15, 0.2) is 0 Å². The summed E-state index contributed by atoms with van der Waals surface area (Å²) in [5, 5.41) is 5.94. The molecule has 0 aliphatic rings. The Morgan fingerprint density at radius 3 is 2.24 bits per heavy atom. The molecule has 0 saturated carbocycles. The van der Waals surface area contributed by atoms with Crippen molar-refractivity contribution in [3.63, 3.8) is 0 Å². The van der Waals surface area contributed by atoms with Gasteiger partial charge in [0, 0.05) is 15.8 Å². The lowest BCUT2D eigenvalue weighted by atomic mass is 10.0. The Bertz CT molecular complexity index is 732. The van der Waals surface area contributed by atoms with E-state index in [1.807, 2.05) is 36.4 Å². The first-order valence-electron chi connectivity index (χ1n) is 5.13. The normalized spacial score (nSPS) is 11.2. The van der Waals surface area contributed by atoms with E-state index in [4.69, 9.17) is 34.8 Å². The van der Waals surface area contributed by atoms with Gasteiger partial charge in [-0.2, -0.15) is 0 Å². The van der Waals surface area contributed by atoms with Crippen molar-refractivity contribution in [2.24, 2.45) is 0 Å². The monoisotopic (exact) mass is 280 g/mol. The molecule has 0 aliphatic carbocycles. The number of benzene rings is 3. The Labute approximate surface area is 114 Å². The first kappa shape index (κ1) is 11.2. The summed E-state index contributed by atoms with van der Waals surface area (Å²) in [7, 11) is 0. The van der Waals surface area contributed by atoms with E-state index >= 15 is 0 Å². The molecule has 0 radical (unpaired) electrons. The van der Waals surface area contributed by atoms with Crippen LogP contribution < -0.4 is 0 Å². The SMILES string of the molecule is Clc1ccc2cc3cccc(Cl)c3cc2c1Cl. The topological polar surface area (TPSA) is 0 Å². The molecule has 3 aromatic rings. The number of rotatable bonds is 0. The molecular formula is C14H7Cl3. The van der Waals surface area contributed by atoms with Crippen LogP contribution >= 0.6 is 34.8 Å². The van der Waals surface area contributed by atoms with Crippen LogP contribution in [0.3, 0.4) is 0 Å². The minimum atomic E-state index is 0.561. The standard InChI is InChI=1S/C14H7Cl3/c15-12-3-1-2-8-6-9-4-5-13(16)14(17)11(9)7-10(8)12/h1-7H. The maximum Gasteiger partial charge on any atom is 0.0670 e. The lowest BCUT2D eigenvalue weighted by molar-refractivity contribution is 1.76. The fraction of sp³-hybridized carbons (Fsp3) is 0. The fourth-order valence-corrected chi connectivity index (χ4v) is 2.63. The molecule has 0 atom stereocenters. The Balaban J connectivity index is 2.53. The van der Waals surface area contributed by atoms with Crippen LogP contribution in [0.2, 0.25) is 15.1 Å². The molecular weight excluding hydrogens is 275 g/mol. The maximum atomic E-state index is 6.20. The Hall–Kier alpha value is -0.950. The summed E-state index contributed by atoms with van der Waals surface area (Å²) in [5.74, 6) is 0. The van der Waals surface area contributed by atoms with Crippen molar-refractivity contribution in [1.29, 1.82) is 0 Å². The molecule has 0 N–H and O–H groups in total. The third-order valence-electron chi connectivity index (χ3n) is 2.85. The van der Waals surface area contributed by atoms with Crippen LogP contribution in [0, 0.1) is 0 Å². The minimum Gasteiger partial charge on any atom is -0.0837 e. The molecule has 0 fully saturated rings. The quantitative estimate of drug-likeness (QED) is 0.446. The van der Waals surface area contributed by atoms with Crippen molar-refractivity contribution in [3.8, 4) is 0 Å². The highest BCUT2D eigenvalue weighted by Gasteiger charge is 2.06. The largest absolute Gasteiger partial charge is 0.0837 e. The van der Waals surface area contributed by atoms with Gasteiger partial charge in [-0.3, -0.25) is 0 Å². The van der Waals surface area contributed by atoms with Gasteiger partial charge in [0.2, 0.25) is 0 Å². The minimum absolute atomic E-state index is 0.561. The van der Waals surface area contributed by atoms with Crippen LogP contribution in [0.5, 0.6) is 0 Å². The van der Waals surface area contributed by atoms with Gasteiger partial charge in [-0.05, 0) is 35.0 Å². The number of hydrogen-bond donors (Lipinski definition) is 0. The van der Waals surface area contributed by atoms with Crippen LogP contribution in [0.1, 0.15) is 0 Å². The second-order valence-corrected chi connectivity index (χ2v) is 5.09. The zero-order valence-electron chi connectivity index (χ0n) is 8.68. The predicted molar refractivity (Wildman–Crippen MR) is 76.5 cm³/mol. The Kier molecular flexibility index (Phi) is 2.67. The zero-order valence-corrected chi connectivity index (χ0v) is 10.9. The van der Waals surface area contributed by atoms with Crippen molar-refractivity contribution in [2.45, 2.75) is 0 Å². The van der Waals surface area contributed by atoms with Gasteiger partial charge in [0.1, 0.15) is 0 Å². The third kappa shape index (κ3) is 1.77. The van der Waals surface area contributed by atoms with Gasteiger partial charge in [0.25, 0.3) is 0 Å². The fourth-order valence-electron chi connectivity index (χ4n) is 2.00. The first-order chi connectivity index (χ1) is 8.16. The highest BCUT2D eigenvalue weighted by Crippen LogP contribution is 2.35. The van der Waals surface area contributed by atoms with Crippen LogP contribution in [-0.2, 0) is 0 Å². The molecule has 0 spiro atoms. The molecule has 84 valence electrons. The van der Waals surface area contributed by atoms with E-state index < -0.39 is 0 Å². The van der Waals surface area contributed by atoms with Gasteiger partial charge in [-0.15, -0.1) is 0 Å². The van der Waals surface area contributed by atoms with Gasteiger partial charge in [0.05, 0.1) is 10.0 Å². The molecule has 0 nitrogen and oxygen atoms in total. The molecule has 0 aliphatic heterocycles. The van der Waals surface area contributed by atoms with Crippen molar-refractivity contribution in [2.75, 3.05) is 0 Å². The summed E-state index contributed by atoms with van der Waals surface area (Å²) in [5.41, 5.74) is 0. The highest BCUT2D eigenvalue weighted by molar-refractivity contribution is 6.45. The third-order valence-corrected chi connectivity index (χ3v) is 4.00. The highest BCUT2D eigenvalue weighted by atomic mass is 35.5. The summed E-state index contributed by atoms with van der Waals surface area (Å²) in [6, 6.07) is 13.7. The van der Waals surface area contributed by atoms with Crippen molar-refractivity contribution in [1.82, 2.24) is 0 Å². The summed E-state index contributed by atoms with van der Waals surface area (Å²) < 4.78 is 0. The zero-order chi connectivity index (χ0) is 12.0. The van der Waals surface area contributed by atoms with E-state index in [9.17, 15) is 0 Å². The second-order valence-electron chi connectivity index (χ2n) is 3.90. The smallest absolute Gasteiger partial charge is 0.0670 e. The van der Waals surface area contributed by atoms with Crippen LogP contribution in [0.25, 0.3) is 21.5 Å². The molecule has 3 aromatic carbocycles. The molecule has 17 heavy (non-hydrogen) atoms. The van der Waals surface area contributed by atoms with Crippen LogP contribution in [-0.4, -0.2) is 0 Å². The molecule has 0 unspecified atom stereocenters. The Morgan fingerprint density at radius 1 is 0.647 bits per heavy atom. The van der Waals surface area contributed by atoms with Crippen molar-refractivity contribution in [3.05, 3.63) is 57.5 Å². The molecule has 0 saturated heterocycles. The molecule has 0 heterocycles. The number of hydrogen-bond acceptors (Lipinski definition) is 0. The summed E-state index contributed by atoms with van der Waals surface area (Å²) >= 11 is 18.4. The molecule has 3 heteroatoms. The number of halogens is 3. The predicted octanol–water partition coefficient (Wildman–Crippen LogP) is 5.95. The van der Waals surface area contributed by atoms with E-state index in [1.54, 1.807) is 0 Å². The summed E-state index contributed by atoms with van der Waals surface area (Å²) in [6.45, 7) is 0. The molecule has 0 bridgehead atoms. The van der Waals surface area contributed by atoms with E-state index in [-0.39, 0.29) is 0 Å². The van der Waals surface area contributed by atoms with Crippen molar-refractivity contribution >= 4 is 56.3 Å². The Morgan fingerprint density at radius 2 is 1.41 bits per heavy atom. The van der Waals surface area contributed by atoms with Crippen molar-refractivity contribution < 1.29 is 0 Å². The average molecular weight is 282 g/mol. The molecule has 3 rings (SSSR count). The van der Waals surface area contributed by atoms with Gasteiger partial charge in [-0.25, -0.2) is 0 Å². The summed E-state index contributed by atoms with van der Waals surface area (Å²) in [6.07, 6.45) is 0. The summed E-state index contributed by atoms with van der Waals surface area (Å²) in [4.78, 5) is 0. The first-order valence-corrected chi connectivity index (χ1v) is 6.26. The molecule has 0 amide bonds.